The molecule has 2 aromatic carbocycles. The van der Waals surface area contributed by atoms with E-state index in [1.165, 1.54) is 0 Å². The lowest BCUT2D eigenvalue weighted by Crippen LogP contribution is -2.50. The fourth-order valence-corrected chi connectivity index (χ4v) is 8.25. The van der Waals surface area contributed by atoms with Crippen LogP contribution in [0, 0.1) is 33.1 Å². The zero-order chi connectivity index (χ0) is 30.3. The predicted molar refractivity (Wildman–Crippen MR) is 163 cm³/mol. The normalized spacial score (nSPS) is 20.4. The van der Waals surface area contributed by atoms with Gasteiger partial charge in [0.15, 0.2) is 11.5 Å². The van der Waals surface area contributed by atoms with Crippen LogP contribution in [-0.2, 0) is 14.8 Å². The molecule has 0 bridgehead atoms. The molecule has 0 aliphatic carbocycles. The van der Waals surface area contributed by atoms with Crippen LogP contribution in [0.5, 0.6) is 11.5 Å². The van der Waals surface area contributed by atoms with Crippen molar-refractivity contribution in [1.82, 2.24) is 9.31 Å². The minimum Gasteiger partial charge on any atom is -0.493 e. The fourth-order valence-electron chi connectivity index (χ4n) is 6.32. The second-order valence-corrected chi connectivity index (χ2v) is 13.8. The number of aldehydes is 1. The van der Waals surface area contributed by atoms with Gasteiger partial charge in [-0.1, -0.05) is 26.0 Å². The smallest absolute Gasteiger partial charge is 0.224 e. The first kappa shape index (κ1) is 30.8. The number of benzene rings is 2. The number of carbonyl (C=O) groups is 1. The van der Waals surface area contributed by atoms with Gasteiger partial charge in [-0.05, 0) is 86.6 Å². The van der Waals surface area contributed by atoms with Crippen LogP contribution < -0.4 is 9.47 Å². The number of hydrogen-bond acceptors (Lipinski definition) is 7. The van der Waals surface area contributed by atoms with Crippen molar-refractivity contribution in [3.8, 4) is 11.5 Å². The molecule has 2 unspecified atom stereocenters. The van der Waals surface area contributed by atoms with E-state index in [1.807, 2.05) is 64.8 Å². The third-order valence-electron chi connectivity index (χ3n) is 9.04. The van der Waals surface area contributed by atoms with Crippen molar-refractivity contribution >= 4 is 22.0 Å². The van der Waals surface area contributed by atoms with Crippen LogP contribution in [0.3, 0.4) is 0 Å². The van der Waals surface area contributed by atoms with Crippen LogP contribution in [0.4, 0.5) is 0 Å². The van der Waals surface area contributed by atoms with Gasteiger partial charge in [-0.3, -0.25) is 5.01 Å². The van der Waals surface area contributed by atoms with Crippen LogP contribution >= 0.6 is 0 Å². The molecular formula is C32H43N3O5S. The summed E-state index contributed by atoms with van der Waals surface area (Å²) in [6, 6.07) is 7.20. The molecule has 2 aromatic rings. The summed E-state index contributed by atoms with van der Waals surface area (Å²) in [6.07, 6.45) is 3.65. The number of sulfonamides is 1. The molecule has 4 rings (SSSR count). The summed E-state index contributed by atoms with van der Waals surface area (Å²) in [5.41, 5.74) is 6.03. The molecule has 0 N–H and O–H groups in total. The van der Waals surface area contributed by atoms with E-state index in [2.05, 4.69) is 12.6 Å². The van der Waals surface area contributed by atoms with E-state index < -0.39 is 26.7 Å². The minimum atomic E-state index is -3.70. The summed E-state index contributed by atoms with van der Waals surface area (Å²) in [4.78, 5) is 12.4. The molecule has 0 saturated carbocycles. The van der Waals surface area contributed by atoms with E-state index in [9.17, 15) is 13.2 Å². The average molecular weight is 582 g/mol. The Bertz CT molecular complexity index is 1450. The molecule has 0 amide bonds. The second kappa shape index (κ2) is 11.6. The first-order valence-corrected chi connectivity index (χ1v) is 15.6. The van der Waals surface area contributed by atoms with Gasteiger partial charge in [0.2, 0.25) is 10.0 Å². The standard InChI is InChI=1S/C32H43N3O5S/c1-10-28(30-22(4)20(2)17-21(3)23(30)5)41(37,38)34-15-13-25(14-16-34)35-29(19-36)32(6,7)31(33-35)24-11-12-26(39-8)27(18-24)40-9/h10-12,17-19,25,28-29H,1,13-16H2,2-9H3. The number of aryl methyl sites for hydroxylation is 2. The quantitative estimate of drug-likeness (QED) is 0.296. The second-order valence-electron chi connectivity index (χ2n) is 11.7. The summed E-state index contributed by atoms with van der Waals surface area (Å²) >= 11 is 0. The fraction of sp³-hybridized carbons (Fsp3) is 0.500. The molecule has 0 spiro atoms. The molecule has 2 heterocycles. The third kappa shape index (κ3) is 5.30. The van der Waals surface area contributed by atoms with Crippen molar-refractivity contribution < 1.29 is 22.7 Å². The van der Waals surface area contributed by atoms with E-state index in [0.717, 1.165) is 45.4 Å². The van der Waals surface area contributed by atoms with Crippen molar-refractivity contribution in [3.05, 3.63) is 70.3 Å². The number of hydrogen-bond donors (Lipinski definition) is 0. The Balaban J connectivity index is 1.60. The maximum atomic E-state index is 14.0. The molecule has 1 fully saturated rings. The Morgan fingerprint density at radius 3 is 2.10 bits per heavy atom. The summed E-state index contributed by atoms with van der Waals surface area (Å²) in [5, 5.41) is 6.06. The largest absolute Gasteiger partial charge is 0.493 e. The summed E-state index contributed by atoms with van der Waals surface area (Å²) in [5.74, 6) is 1.21. The van der Waals surface area contributed by atoms with Crippen molar-refractivity contribution in [1.29, 1.82) is 0 Å². The lowest BCUT2D eigenvalue weighted by molar-refractivity contribution is -0.115. The van der Waals surface area contributed by atoms with Crippen molar-refractivity contribution in [3.63, 3.8) is 0 Å². The number of carbonyl (C=O) groups excluding carboxylic acids is 1. The SMILES string of the molecule is C=CC(c1c(C)c(C)cc(C)c1C)S(=O)(=O)N1CCC(N2N=C(c3ccc(OC)c(OC)c3)C(C)(C)C2C=O)CC1. The molecule has 8 nitrogen and oxygen atoms in total. The number of ether oxygens (including phenoxy) is 2. The van der Waals surface area contributed by atoms with Gasteiger partial charge in [-0.25, -0.2) is 12.7 Å². The first-order valence-electron chi connectivity index (χ1n) is 14.1. The number of methoxy groups -OCH3 is 2. The van der Waals surface area contributed by atoms with E-state index in [1.54, 1.807) is 24.6 Å². The molecule has 0 aromatic heterocycles. The highest BCUT2D eigenvalue weighted by Gasteiger charge is 2.48. The summed E-state index contributed by atoms with van der Waals surface area (Å²) < 4.78 is 40.4. The first-order chi connectivity index (χ1) is 19.3. The summed E-state index contributed by atoms with van der Waals surface area (Å²) in [6.45, 7) is 16.7. The molecule has 9 heteroatoms. The third-order valence-corrected chi connectivity index (χ3v) is 11.2. The van der Waals surface area contributed by atoms with E-state index in [-0.39, 0.29) is 6.04 Å². The maximum absolute atomic E-state index is 14.0. The molecule has 41 heavy (non-hydrogen) atoms. The Morgan fingerprint density at radius 1 is 1.00 bits per heavy atom. The number of piperidine rings is 1. The van der Waals surface area contributed by atoms with Crippen LogP contribution in [0.2, 0.25) is 0 Å². The molecular weight excluding hydrogens is 538 g/mol. The van der Waals surface area contributed by atoms with E-state index in [0.29, 0.717) is 37.4 Å². The van der Waals surface area contributed by atoms with Crippen LogP contribution in [-0.4, -0.2) is 69.1 Å². The zero-order valence-corrected chi connectivity index (χ0v) is 26.3. The van der Waals surface area contributed by atoms with Gasteiger partial charge < -0.3 is 14.3 Å². The van der Waals surface area contributed by atoms with Gasteiger partial charge in [-0.2, -0.15) is 5.10 Å². The van der Waals surface area contributed by atoms with Gasteiger partial charge in [0.1, 0.15) is 17.6 Å². The highest BCUT2D eigenvalue weighted by Crippen LogP contribution is 2.41. The van der Waals surface area contributed by atoms with Gasteiger partial charge in [-0.15, -0.1) is 6.58 Å². The molecule has 222 valence electrons. The zero-order valence-electron chi connectivity index (χ0n) is 25.5. The van der Waals surface area contributed by atoms with Crippen molar-refractivity contribution in [2.45, 2.75) is 71.7 Å². The maximum Gasteiger partial charge on any atom is 0.224 e. The summed E-state index contributed by atoms with van der Waals surface area (Å²) in [7, 11) is -0.518. The number of nitrogens with zero attached hydrogens (tertiary/aromatic N) is 3. The van der Waals surface area contributed by atoms with Crippen molar-refractivity contribution in [2.75, 3.05) is 27.3 Å². The van der Waals surface area contributed by atoms with Crippen LogP contribution in [0.15, 0.2) is 42.0 Å². The monoisotopic (exact) mass is 581 g/mol. The van der Waals surface area contributed by atoms with Gasteiger partial charge >= 0.3 is 0 Å². The molecule has 2 atom stereocenters. The lowest BCUT2D eigenvalue weighted by Gasteiger charge is -2.39. The van der Waals surface area contributed by atoms with Gasteiger partial charge in [0.05, 0.1) is 26.0 Å². The van der Waals surface area contributed by atoms with E-state index in [4.69, 9.17) is 14.6 Å². The number of rotatable bonds is 9. The Labute approximate surface area is 245 Å². The van der Waals surface area contributed by atoms with Crippen LogP contribution in [0.25, 0.3) is 0 Å². The van der Waals surface area contributed by atoms with Gasteiger partial charge in [0.25, 0.3) is 0 Å². The topological polar surface area (TPSA) is 88.5 Å². The molecule has 1 saturated heterocycles. The highest BCUT2D eigenvalue weighted by molar-refractivity contribution is 7.89. The molecule has 2 aliphatic heterocycles. The predicted octanol–water partition coefficient (Wildman–Crippen LogP) is 5.27. The number of hydrazone groups is 1. The average Bonchev–Trinajstić information content (AvgIpc) is 3.23. The van der Waals surface area contributed by atoms with Crippen molar-refractivity contribution in [2.24, 2.45) is 10.5 Å². The van der Waals surface area contributed by atoms with E-state index >= 15 is 0 Å². The molecule has 0 radical (unpaired) electrons. The minimum absolute atomic E-state index is 0.0690. The van der Waals surface area contributed by atoms with Crippen LogP contribution in [0.1, 0.15) is 65.3 Å². The lowest BCUT2D eigenvalue weighted by atomic mass is 9.78. The molecule has 2 aliphatic rings. The Morgan fingerprint density at radius 2 is 1.59 bits per heavy atom. The Hall–Kier alpha value is -3.17. The highest BCUT2D eigenvalue weighted by atomic mass is 32.2. The Kier molecular flexibility index (Phi) is 8.71. The van der Waals surface area contributed by atoms with Gasteiger partial charge in [0, 0.05) is 24.1 Å².